The highest BCUT2D eigenvalue weighted by molar-refractivity contribution is 5.88. The Bertz CT molecular complexity index is 515. The van der Waals surface area contributed by atoms with Crippen molar-refractivity contribution < 1.29 is 9.53 Å². The van der Waals surface area contributed by atoms with Crippen LogP contribution in [0.2, 0.25) is 0 Å². The molecule has 0 radical (unpaired) electrons. The molecule has 0 aromatic heterocycles. The maximum absolute atomic E-state index is 12.8. The van der Waals surface area contributed by atoms with Gasteiger partial charge < -0.3 is 4.74 Å². The zero-order chi connectivity index (χ0) is 14.5. The maximum atomic E-state index is 12.8. The molecule has 1 aliphatic heterocycles. The van der Waals surface area contributed by atoms with Gasteiger partial charge >= 0.3 is 0 Å². The topological polar surface area (TPSA) is 26.3 Å². The van der Waals surface area contributed by atoms with E-state index >= 15 is 0 Å². The van der Waals surface area contributed by atoms with Crippen LogP contribution in [0.15, 0.2) is 30.3 Å². The van der Waals surface area contributed by atoms with Crippen molar-refractivity contribution in [2.45, 2.75) is 57.7 Å². The summed E-state index contributed by atoms with van der Waals surface area (Å²) in [5, 5.41) is 0. The van der Waals surface area contributed by atoms with E-state index in [2.05, 4.69) is 52.0 Å². The molecule has 3 unspecified atom stereocenters. The lowest BCUT2D eigenvalue weighted by Crippen LogP contribution is -2.34. The Balaban J connectivity index is 1.73. The van der Waals surface area contributed by atoms with Crippen LogP contribution >= 0.6 is 0 Å². The Labute approximate surface area is 121 Å². The van der Waals surface area contributed by atoms with Gasteiger partial charge in [0, 0.05) is 11.8 Å². The van der Waals surface area contributed by atoms with Crippen LogP contribution in [0.1, 0.15) is 52.0 Å². The van der Waals surface area contributed by atoms with Crippen LogP contribution in [0.3, 0.4) is 0 Å². The first-order chi connectivity index (χ1) is 9.30. The molecule has 1 heterocycles. The summed E-state index contributed by atoms with van der Waals surface area (Å²) in [5.74, 6) is 1.09. The van der Waals surface area contributed by atoms with E-state index in [-0.39, 0.29) is 23.0 Å². The molecule has 2 nitrogen and oxygen atoms in total. The number of benzene rings is 1. The molecule has 1 aliphatic carbocycles. The predicted octanol–water partition coefficient (Wildman–Crippen LogP) is 3.95. The largest absolute Gasteiger partial charge is 0.369 e. The average molecular weight is 272 g/mol. The van der Waals surface area contributed by atoms with Crippen molar-refractivity contribution in [2.24, 2.45) is 11.8 Å². The number of ketones is 1. The third-order valence-corrected chi connectivity index (χ3v) is 4.80. The molecule has 0 spiro atoms. The zero-order valence-electron chi connectivity index (χ0n) is 12.8. The first-order valence-corrected chi connectivity index (χ1v) is 7.59. The van der Waals surface area contributed by atoms with Crippen molar-refractivity contribution in [3.8, 4) is 0 Å². The van der Waals surface area contributed by atoms with E-state index in [4.69, 9.17) is 4.74 Å². The minimum Gasteiger partial charge on any atom is -0.369 e. The summed E-state index contributed by atoms with van der Waals surface area (Å²) in [6.07, 6.45) is 1.85. The van der Waals surface area contributed by atoms with E-state index in [0.29, 0.717) is 11.7 Å². The van der Waals surface area contributed by atoms with Gasteiger partial charge in [-0.15, -0.1) is 0 Å². The van der Waals surface area contributed by atoms with E-state index < -0.39 is 0 Å². The SMILES string of the molecule is CC1(C)CC(C(=O)C2CC2c2ccccc2)C(C)(C)O1. The van der Waals surface area contributed by atoms with E-state index in [9.17, 15) is 4.79 Å². The monoisotopic (exact) mass is 272 g/mol. The quantitative estimate of drug-likeness (QED) is 0.832. The van der Waals surface area contributed by atoms with Crippen LogP contribution in [0.5, 0.6) is 0 Å². The summed E-state index contributed by atoms with van der Waals surface area (Å²) in [6, 6.07) is 10.4. The Morgan fingerprint density at radius 3 is 2.35 bits per heavy atom. The van der Waals surface area contributed by atoms with Gasteiger partial charge in [0.25, 0.3) is 0 Å². The standard InChI is InChI=1S/C18H24O2/c1-17(2)11-15(18(3,4)20-17)16(19)14-10-13(14)12-8-6-5-7-9-12/h5-9,13-15H,10-11H2,1-4H3. The second-order valence-corrected chi connectivity index (χ2v) is 7.48. The molecule has 1 aromatic rings. The van der Waals surface area contributed by atoms with Crippen molar-refractivity contribution in [3.05, 3.63) is 35.9 Å². The smallest absolute Gasteiger partial charge is 0.142 e. The van der Waals surface area contributed by atoms with Crippen LogP contribution in [-0.4, -0.2) is 17.0 Å². The van der Waals surface area contributed by atoms with Gasteiger partial charge in [0.15, 0.2) is 0 Å². The summed E-state index contributed by atoms with van der Waals surface area (Å²) in [4.78, 5) is 12.8. The summed E-state index contributed by atoms with van der Waals surface area (Å²) < 4.78 is 6.07. The van der Waals surface area contributed by atoms with Crippen LogP contribution in [0.4, 0.5) is 0 Å². The third-order valence-electron chi connectivity index (χ3n) is 4.80. The number of ether oxygens (including phenoxy) is 1. The minimum atomic E-state index is -0.329. The molecule has 0 N–H and O–H groups in total. The fourth-order valence-corrected chi connectivity index (χ4v) is 3.84. The van der Waals surface area contributed by atoms with Gasteiger partial charge in [0.05, 0.1) is 11.2 Å². The van der Waals surface area contributed by atoms with Gasteiger partial charge in [-0.3, -0.25) is 4.79 Å². The molecule has 2 fully saturated rings. The third kappa shape index (κ3) is 2.42. The highest BCUT2D eigenvalue weighted by atomic mass is 16.5. The molecule has 108 valence electrons. The summed E-state index contributed by atoms with van der Waals surface area (Å²) in [7, 11) is 0. The van der Waals surface area contributed by atoms with Gasteiger partial charge in [-0.25, -0.2) is 0 Å². The van der Waals surface area contributed by atoms with Gasteiger partial charge in [-0.2, -0.15) is 0 Å². The molecular formula is C18H24O2. The molecule has 0 bridgehead atoms. The van der Waals surface area contributed by atoms with E-state index in [0.717, 1.165) is 12.8 Å². The number of carbonyl (C=O) groups excluding carboxylic acids is 1. The Morgan fingerprint density at radius 2 is 1.80 bits per heavy atom. The van der Waals surface area contributed by atoms with Crippen molar-refractivity contribution in [1.82, 2.24) is 0 Å². The van der Waals surface area contributed by atoms with E-state index in [1.807, 2.05) is 6.07 Å². The zero-order valence-corrected chi connectivity index (χ0v) is 12.8. The number of carbonyl (C=O) groups is 1. The van der Waals surface area contributed by atoms with Gasteiger partial charge in [-0.1, -0.05) is 30.3 Å². The number of rotatable bonds is 3. The summed E-state index contributed by atoms with van der Waals surface area (Å²) in [6.45, 7) is 8.29. The number of hydrogen-bond donors (Lipinski definition) is 0. The van der Waals surface area contributed by atoms with Gasteiger partial charge in [-0.05, 0) is 52.0 Å². The molecule has 1 saturated heterocycles. The van der Waals surface area contributed by atoms with Crippen LogP contribution < -0.4 is 0 Å². The lowest BCUT2D eigenvalue weighted by Gasteiger charge is -2.26. The highest BCUT2D eigenvalue weighted by Gasteiger charge is 2.55. The maximum Gasteiger partial charge on any atom is 0.142 e. The predicted molar refractivity (Wildman–Crippen MR) is 79.6 cm³/mol. The number of hydrogen-bond acceptors (Lipinski definition) is 2. The first-order valence-electron chi connectivity index (χ1n) is 7.59. The second kappa shape index (κ2) is 4.42. The molecule has 3 rings (SSSR count). The lowest BCUT2D eigenvalue weighted by molar-refractivity contribution is -0.130. The fraction of sp³-hybridized carbons (Fsp3) is 0.611. The fourth-order valence-electron chi connectivity index (χ4n) is 3.84. The van der Waals surface area contributed by atoms with Gasteiger partial charge in [0.2, 0.25) is 0 Å². The van der Waals surface area contributed by atoms with Gasteiger partial charge in [0.1, 0.15) is 5.78 Å². The molecule has 0 amide bonds. The Morgan fingerprint density at radius 1 is 1.15 bits per heavy atom. The molecular weight excluding hydrogens is 248 g/mol. The normalized spacial score (nSPS) is 33.9. The second-order valence-electron chi connectivity index (χ2n) is 7.48. The van der Waals surface area contributed by atoms with Crippen molar-refractivity contribution in [3.63, 3.8) is 0 Å². The van der Waals surface area contributed by atoms with Crippen molar-refractivity contribution in [1.29, 1.82) is 0 Å². The summed E-state index contributed by atoms with van der Waals surface area (Å²) >= 11 is 0. The van der Waals surface area contributed by atoms with Crippen molar-refractivity contribution >= 4 is 5.78 Å². The van der Waals surface area contributed by atoms with E-state index in [1.54, 1.807) is 0 Å². The first kappa shape index (κ1) is 13.8. The van der Waals surface area contributed by atoms with E-state index in [1.165, 1.54) is 5.56 Å². The molecule has 20 heavy (non-hydrogen) atoms. The lowest BCUT2D eigenvalue weighted by atomic mass is 9.82. The summed E-state index contributed by atoms with van der Waals surface area (Å²) in [5.41, 5.74) is 0.799. The average Bonchev–Trinajstić information content (AvgIpc) is 3.11. The minimum absolute atomic E-state index is 0.0382. The molecule has 1 aromatic carbocycles. The molecule has 2 aliphatic rings. The Kier molecular flexibility index (Phi) is 3.06. The molecule has 2 heteroatoms. The van der Waals surface area contributed by atoms with Crippen LogP contribution in [0, 0.1) is 11.8 Å². The van der Waals surface area contributed by atoms with Crippen LogP contribution in [-0.2, 0) is 9.53 Å². The number of Topliss-reactive ketones (excluding diaryl/α,β-unsaturated/α-hetero) is 1. The molecule has 3 atom stereocenters. The van der Waals surface area contributed by atoms with Crippen molar-refractivity contribution in [2.75, 3.05) is 0 Å². The Hall–Kier alpha value is -1.15. The highest BCUT2D eigenvalue weighted by Crippen LogP contribution is 2.53. The van der Waals surface area contributed by atoms with Crippen LogP contribution in [0.25, 0.3) is 0 Å². The molecule has 1 saturated carbocycles.